The second-order valence-electron chi connectivity index (χ2n) is 21.7. The fourth-order valence-electron chi connectivity index (χ4n) is 10.9. The lowest BCUT2D eigenvalue weighted by atomic mass is 9.83. The SMILES string of the molecule is [2H]C([2H])(c1cc(-c2cccc3c4ccccc4c4ccccc4c4cccc5c4n(c23)CN5c2cccc(Oc3ccc4c5ccccc5n(-c5cc(C([2H])([2H])C(C)(C)C)ccn5)c4c3)c2)cc(C(C)(C)C)c1)C(C)C. The second-order valence-corrected chi connectivity index (χ2v) is 21.7. The molecule has 0 N–H and O–H groups in total. The Morgan fingerprint density at radius 2 is 1.18 bits per heavy atom. The van der Waals surface area contributed by atoms with E-state index in [1.807, 2.05) is 65.0 Å². The number of nitrogens with zero attached hydrogens (tertiary/aromatic N) is 4. The molecule has 3 aromatic heterocycles. The predicted molar refractivity (Wildman–Crippen MR) is 305 cm³/mol. The quantitative estimate of drug-likeness (QED) is 0.152. The van der Waals surface area contributed by atoms with E-state index in [1.165, 1.54) is 0 Å². The van der Waals surface area contributed by atoms with Gasteiger partial charge in [0.25, 0.3) is 0 Å². The van der Waals surface area contributed by atoms with Gasteiger partial charge in [0.1, 0.15) is 24.0 Å². The van der Waals surface area contributed by atoms with Crippen LogP contribution in [0.5, 0.6) is 11.5 Å². The minimum absolute atomic E-state index is 0.231. The highest BCUT2D eigenvalue weighted by Crippen LogP contribution is 2.46. The van der Waals surface area contributed by atoms with Crippen LogP contribution in [0, 0.1) is 11.3 Å². The Hall–Kier alpha value is -7.89. The molecule has 72 heavy (non-hydrogen) atoms. The lowest BCUT2D eigenvalue weighted by Crippen LogP contribution is -2.15. The monoisotopic (exact) mass is 943 g/mol. The van der Waals surface area contributed by atoms with Gasteiger partial charge in [-0.15, -0.1) is 0 Å². The van der Waals surface area contributed by atoms with Gasteiger partial charge in [-0.3, -0.25) is 4.57 Å². The Labute approximate surface area is 428 Å². The zero-order chi connectivity index (χ0) is 53.1. The smallest absolute Gasteiger partial charge is 0.137 e. The summed E-state index contributed by atoms with van der Waals surface area (Å²) in [7, 11) is 0. The number of fused-ring (bicyclic) bond motifs is 10. The van der Waals surface area contributed by atoms with E-state index in [2.05, 4.69) is 180 Å². The van der Waals surface area contributed by atoms with Crippen LogP contribution in [-0.4, -0.2) is 14.1 Å². The van der Waals surface area contributed by atoms with Crippen molar-refractivity contribution in [3.63, 3.8) is 0 Å². The zero-order valence-corrected chi connectivity index (χ0v) is 42.4. The first-order valence-electron chi connectivity index (χ1n) is 27.2. The molecule has 0 fully saturated rings. The van der Waals surface area contributed by atoms with Crippen LogP contribution in [0.3, 0.4) is 0 Å². The van der Waals surface area contributed by atoms with Gasteiger partial charge in [0.2, 0.25) is 0 Å². The van der Waals surface area contributed by atoms with Crippen LogP contribution in [0.4, 0.5) is 11.4 Å². The Morgan fingerprint density at radius 3 is 1.89 bits per heavy atom. The molecule has 356 valence electrons. The number of pyridine rings is 1. The van der Waals surface area contributed by atoms with E-state index in [1.54, 1.807) is 12.3 Å². The Morgan fingerprint density at radius 1 is 0.556 bits per heavy atom. The fraction of sp³-hybridized carbons (Fsp3) is 0.209. The summed E-state index contributed by atoms with van der Waals surface area (Å²) >= 11 is 0. The van der Waals surface area contributed by atoms with Gasteiger partial charge in [0.05, 0.1) is 27.8 Å². The number of anilines is 2. The molecule has 12 rings (SSSR count). The molecule has 5 heteroatoms. The van der Waals surface area contributed by atoms with Crippen molar-refractivity contribution in [2.45, 2.75) is 80.2 Å². The second kappa shape index (κ2) is 17.5. The fourth-order valence-corrected chi connectivity index (χ4v) is 10.9. The summed E-state index contributed by atoms with van der Waals surface area (Å²) in [4.78, 5) is 7.21. The van der Waals surface area contributed by atoms with Crippen LogP contribution >= 0.6 is 0 Å². The lowest BCUT2D eigenvalue weighted by Gasteiger charge is -2.23. The van der Waals surface area contributed by atoms with Crippen LogP contribution < -0.4 is 9.64 Å². The van der Waals surface area contributed by atoms with Gasteiger partial charge in [-0.25, -0.2) is 4.98 Å². The van der Waals surface area contributed by atoms with Crippen LogP contribution in [0.2, 0.25) is 0 Å². The number of para-hydroxylation sites is 3. The van der Waals surface area contributed by atoms with Crippen molar-refractivity contribution in [1.82, 2.24) is 14.1 Å². The zero-order valence-electron chi connectivity index (χ0n) is 46.4. The van der Waals surface area contributed by atoms with E-state index in [9.17, 15) is 2.74 Å². The number of rotatable bonds is 8. The number of benzene rings is 8. The van der Waals surface area contributed by atoms with Gasteiger partial charge in [0.15, 0.2) is 0 Å². The molecule has 11 aromatic rings. The summed E-state index contributed by atoms with van der Waals surface area (Å²) in [6, 6.07) is 63.7. The summed E-state index contributed by atoms with van der Waals surface area (Å²) in [5, 5.41) is 8.93. The van der Waals surface area contributed by atoms with Crippen LogP contribution in [0.1, 0.15) is 77.6 Å². The van der Waals surface area contributed by atoms with Gasteiger partial charge < -0.3 is 14.2 Å². The molecule has 1 aliphatic heterocycles. The maximum atomic E-state index is 9.40. The molecule has 8 aromatic carbocycles. The number of ether oxygens (including phenoxy) is 1. The number of aromatic nitrogens is 3. The molecular weight excluding hydrogens is 877 g/mol. The maximum Gasteiger partial charge on any atom is 0.137 e. The predicted octanol–water partition coefficient (Wildman–Crippen LogP) is 18.4. The van der Waals surface area contributed by atoms with Gasteiger partial charge in [-0.05, 0) is 122 Å². The van der Waals surface area contributed by atoms with Crippen molar-refractivity contribution in [2.75, 3.05) is 4.90 Å². The first-order chi connectivity index (χ1) is 36.3. The molecule has 0 unspecified atom stereocenters. The van der Waals surface area contributed by atoms with Crippen molar-refractivity contribution >= 4 is 76.5 Å². The van der Waals surface area contributed by atoms with Crippen LogP contribution in [0.15, 0.2) is 188 Å². The third kappa shape index (κ3) is 8.11. The molecule has 0 spiro atoms. The summed E-state index contributed by atoms with van der Waals surface area (Å²) in [5.41, 5.74) is 9.58. The largest absolute Gasteiger partial charge is 0.457 e. The molecule has 0 bridgehead atoms. The van der Waals surface area contributed by atoms with Crippen molar-refractivity contribution in [3.8, 4) is 28.4 Å². The number of hydrogen-bond acceptors (Lipinski definition) is 3. The Kier molecular flexibility index (Phi) is 9.89. The molecule has 1 aliphatic rings. The summed E-state index contributed by atoms with van der Waals surface area (Å²) in [5.74, 6) is 1.75. The van der Waals surface area contributed by atoms with E-state index < -0.39 is 18.2 Å². The lowest BCUT2D eigenvalue weighted by molar-refractivity contribution is 0.411. The average molecular weight is 943 g/mol. The van der Waals surface area contributed by atoms with Gasteiger partial charge in [-0.1, -0.05) is 177 Å². The molecule has 0 saturated carbocycles. The molecular formula is C67H62N4O. The molecule has 0 saturated heterocycles. The third-order valence-corrected chi connectivity index (χ3v) is 14.0. The highest BCUT2D eigenvalue weighted by molar-refractivity contribution is 6.22. The van der Waals surface area contributed by atoms with Crippen molar-refractivity contribution in [1.29, 1.82) is 0 Å². The maximum absolute atomic E-state index is 9.40. The summed E-state index contributed by atoms with van der Waals surface area (Å²) < 4.78 is 48.5. The van der Waals surface area contributed by atoms with Gasteiger partial charge in [-0.2, -0.15) is 0 Å². The van der Waals surface area contributed by atoms with E-state index >= 15 is 0 Å². The summed E-state index contributed by atoms with van der Waals surface area (Å²) in [6.07, 6.45) is -1.44. The van der Waals surface area contributed by atoms with Crippen LogP contribution in [-0.2, 0) is 24.8 Å². The minimum Gasteiger partial charge on any atom is -0.457 e. The Balaban J connectivity index is 1.04. The van der Waals surface area contributed by atoms with E-state index in [-0.39, 0.29) is 11.3 Å². The van der Waals surface area contributed by atoms with Crippen LogP contribution in [0.25, 0.3) is 82.1 Å². The normalized spacial score (nSPS) is 14.1. The molecule has 0 aliphatic carbocycles. The third-order valence-electron chi connectivity index (χ3n) is 14.0. The Bertz CT molecular complexity index is 4210. The molecule has 4 heterocycles. The molecule has 0 atom stereocenters. The van der Waals surface area contributed by atoms with E-state index in [0.717, 1.165) is 93.2 Å². The number of hydrogen-bond donors (Lipinski definition) is 0. The standard InChI is InChI=1S/C67H62N4O/c1-43(2)34-45-35-46(38-47(36-45)67(6,7)8)51-25-16-26-58-54-22-11-9-20-52(54)53-21-10-12-23-55(53)59-27-17-29-61-65(59)70(64(51)58)42-69(61)48-18-15-19-49(39-48)72-50-30-31-57-56-24-13-14-28-60(56)71(62(57)40-50)63-37-44(32-33-68-63)41-66(3,4)5/h9-33,35-40,43H,34,41-42H2,1-8H3/i34D2,41D2. The topological polar surface area (TPSA) is 35.2 Å². The molecule has 0 amide bonds. The molecule has 5 nitrogen and oxygen atoms in total. The van der Waals surface area contributed by atoms with Crippen molar-refractivity contribution in [2.24, 2.45) is 11.3 Å². The highest BCUT2D eigenvalue weighted by atomic mass is 16.5. The molecule has 0 radical (unpaired) electrons. The van der Waals surface area contributed by atoms with E-state index in [0.29, 0.717) is 35.1 Å². The first kappa shape index (κ1) is 40.8. The van der Waals surface area contributed by atoms with Crippen molar-refractivity contribution < 1.29 is 10.2 Å². The minimum atomic E-state index is -1.59. The van der Waals surface area contributed by atoms with Crippen molar-refractivity contribution in [3.05, 3.63) is 205 Å². The van der Waals surface area contributed by atoms with Gasteiger partial charge >= 0.3 is 0 Å². The average Bonchev–Trinajstić information content (AvgIpc) is 4.07. The highest BCUT2D eigenvalue weighted by Gasteiger charge is 2.27. The summed E-state index contributed by atoms with van der Waals surface area (Å²) in [6.45, 7) is 16.8. The van der Waals surface area contributed by atoms with Gasteiger partial charge in [0, 0.05) is 56.6 Å². The van der Waals surface area contributed by atoms with E-state index in [4.69, 9.17) is 12.5 Å². The first-order valence-corrected chi connectivity index (χ1v) is 25.2.